The molecule has 2 aromatic carbocycles. The van der Waals surface area contributed by atoms with Gasteiger partial charge in [0.1, 0.15) is 16.9 Å². The van der Waals surface area contributed by atoms with Crippen LogP contribution in [0.1, 0.15) is 10.4 Å². The number of carboxylic acid groups (broad SMARTS) is 1. The Morgan fingerprint density at radius 3 is 2.85 bits per heavy atom. The van der Waals surface area contributed by atoms with Crippen LogP contribution in [0.25, 0.3) is 16.7 Å². The molecule has 0 saturated heterocycles. The Bertz CT molecular complexity index is 832. The average Bonchev–Trinajstić information content (AvgIpc) is 2.85. The number of benzene rings is 2. The summed E-state index contributed by atoms with van der Waals surface area (Å²) in [5, 5.41) is 17.1. The molecule has 5 nitrogen and oxygen atoms in total. The Morgan fingerprint density at radius 1 is 1.30 bits per heavy atom. The van der Waals surface area contributed by atoms with Gasteiger partial charge >= 0.3 is 5.97 Å². The van der Waals surface area contributed by atoms with Gasteiger partial charge in [-0.15, -0.1) is 5.10 Å². The number of halogens is 2. The second kappa shape index (κ2) is 4.68. The standard InChI is InChI=1S/C13H7BrFN3O2/c14-9-5-4-7(15)6-11(9)18-12-8(13(19)20)2-1-3-10(12)16-17-18/h1-6H,(H,19,20). The van der Waals surface area contributed by atoms with Crippen molar-refractivity contribution in [1.82, 2.24) is 15.0 Å². The zero-order valence-corrected chi connectivity index (χ0v) is 11.5. The molecule has 0 fully saturated rings. The van der Waals surface area contributed by atoms with Crippen LogP contribution in [0.3, 0.4) is 0 Å². The highest BCUT2D eigenvalue weighted by atomic mass is 79.9. The van der Waals surface area contributed by atoms with Gasteiger partial charge in [-0.3, -0.25) is 0 Å². The molecule has 100 valence electrons. The van der Waals surface area contributed by atoms with E-state index in [2.05, 4.69) is 26.2 Å². The summed E-state index contributed by atoms with van der Waals surface area (Å²) in [6.45, 7) is 0. The maximum absolute atomic E-state index is 13.4. The Labute approximate surface area is 120 Å². The number of aromatic carboxylic acids is 1. The lowest BCUT2D eigenvalue weighted by Crippen LogP contribution is -2.04. The zero-order chi connectivity index (χ0) is 14.3. The third kappa shape index (κ3) is 1.96. The third-order valence-electron chi connectivity index (χ3n) is 2.84. The molecule has 3 aromatic rings. The summed E-state index contributed by atoms with van der Waals surface area (Å²) in [7, 11) is 0. The van der Waals surface area contributed by atoms with Crippen LogP contribution in [0.4, 0.5) is 4.39 Å². The van der Waals surface area contributed by atoms with Gasteiger partial charge in [0.15, 0.2) is 0 Å². The van der Waals surface area contributed by atoms with E-state index >= 15 is 0 Å². The monoisotopic (exact) mass is 335 g/mol. The van der Waals surface area contributed by atoms with Gasteiger partial charge in [0.25, 0.3) is 0 Å². The average molecular weight is 336 g/mol. The molecule has 0 aliphatic carbocycles. The van der Waals surface area contributed by atoms with E-state index in [4.69, 9.17) is 0 Å². The van der Waals surface area contributed by atoms with Crippen LogP contribution in [0.2, 0.25) is 0 Å². The fourth-order valence-corrected chi connectivity index (χ4v) is 2.38. The number of para-hydroxylation sites is 1. The lowest BCUT2D eigenvalue weighted by molar-refractivity contribution is 0.0698. The Hall–Kier alpha value is -2.28. The van der Waals surface area contributed by atoms with Crippen molar-refractivity contribution >= 4 is 32.9 Å². The lowest BCUT2D eigenvalue weighted by atomic mass is 10.2. The van der Waals surface area contributed by atoms with Gasteiger partial charge in [0.05, 0.1) is 11.3 Å². The summed E-state index contributed by atoms with van der Waals surface area (Å²) in [5.74, 6) is -1.54. The maximum atomic E-state index is 13.4. The van der Waals surface area contributed by atoms with Crippen LogP contribution < -0.4 is 0 Å². The predicted octanol–water partition coefficient (Wildman–Crippen LogP) is 3.02. The first kappa shape index (κ1) is 12.7. The SMILES string of the molecule is O=C(O)c1cccc2nnn(-c3cc(F)ccc3Br)c12. The summed E-state index contributed by atoms with van der Waals surface area (Å²) in [6.07, 6.45) is 0. The molecule has 7 heteroatoms. The number of carboxylic acids is 1. The minimum Gasteiger partial charge on any atom is -0.478 e. The predicted molar refractivity (Wildman–Crippen MR) is 73.5 cm³/mol. The number of rotatable bonds is 2. The van der Waals surface area contributed by atoms with Gasteiger partial charge in [0, 0.05) is 10.5 Å². The van der Waals surface area contributed by atoms with E-state index in [0.717, 1.165) is 0 Å². The van der Waals surface area contributed by atoms with Gasteiger partial charge in [-0.05, 0) is 40.2 Å². The molecule has 1 aromatic heterocycles. The lowest BCUT2D eigenvalue weighted by Gasteiger charge is -2.06. The summed E-state index contributed by atoms with van der Waals surface area (Å²) < 4.78 is 15.3. The molecule has 1 heterocycles. The molecular weight excluding hydrogens is 329 g/mol. The van der Waals surface area contributed by atoms with Crippen LogP contribution in [-0.4, -0.2) is 26.1 Å². The number of nitrogens with zero attached hydrogens (tertiary/aromatic N) is 3. The molecule has 0 amide bonds. The number of hydrogen-bond acceptors (Lipinski definition) is 3. The number of hydrogen-bond donors (Lipinski definition) is 1. The van der Waals surface area contributed by atoms with Gasteiger partial charge in [-0.2, -0.15) is 0 Å². The molecule has 0 aliphatic rings. The third-order valence-corrected chi connectivity index (χ3v) is 3.51. The first-order valence-corrected chi connectivity index (χ1v) is 6.40. The molecule has 0 radical (unpaired) electrons. The van der Waals surface area contributed by atoms with Crippen molar-refractivity contribution in [3.05, 3.63) is 52.3 Å². The first-order valence-electron chi connectivity index (χ1n) is 5.61. The molecule has 0 atom stereocenters. The number of carbonyl (C=O) groups is 1. The van der Waals surface area contributed by atoms with Crippen LogP contribution in [0.5, 0.6) is 0 Å². The van der Waals surface area contributed by atoms with E-state index in [0.29, 0.717) is 21.2 Å². The topological polar surface area (TPSA) is 68.0 Å². The Balaban J connectivity index is 2.37. The van der Waals surface area contributed by atoms with Gasteiger partial charge in [0.2, 0.25) is 0 Å². The number of fused-ring (bicyclic) bond motifs is 1. The zero-order valence-electron chi connectivity index (χ0n) is 9.92. The van der Waals surface area contributed by atoms with Crippen molar-refractivity contribution in [2.45, 2.75) is 0 Å². The van der Waals surface area contributed by atoms with Crippen LogP contribution >= 0.6 is 15.9 Å². The molecule has 0 spiro atoms. The first-order chi connectivity index (χ1) is 9.58. The van der Waals surface area contributed by atoms with E-state index in [1.807, 2.05) is 0 Å². The second-order valence-corrected chi connectivity index (χ2v) is 4.93. The van der Waals surface area contributed by atoms with Crippen molar-refractivity contribution in [3.63, 3.8) is 0 Å². The van der Waals surface area contributed by atoms with Crippen molar-refractivity contribution < 1.29 is 14.3 Å². The summed E-state index contributed by atoms with van der Waals surface area (Å²) in [4.78, 5) is 11.3. The van der Waals surface area contributed by atoms with E-state index < -0.39 is 11.8 Å². The second-order valence-electron chi connectivity index (χ2n) is 4.08. The van der Waals surface area contributed by atoms with Crippen LogP contribution in [0.15, 0.2) is 40.9 Å². The van der Waals surface area contributed by atoms with E-state index in [-0.39, 0.29) is 5.56 Å². The van der Waals surface area contributed by atoms with Crippen LogP contribution in [0, 0.1) is 5.82 Å². The Morgan fingerprint density at radius 2 is 2.10 bits per heavy atom. The van der Waals surface area contributed by atoms with E-state index in [9.17, 15) is 14.3 Å². The van der Waals surface area contributed by atoms with Crippen molar-refractivity contribution in [3.8, 4) is 5.69 Å². The minimum absolute atomic E-state index is 0.0589. The van der Waals surface area contributed by atoms with Crippen molar-refractivity contribution in [2.75, 3.05) is 0 Å². The van der Waals surface area contributed by atoms with Crippen LogP contribution in [-0.2, 0) is 0 Å². The Kier molecular flexibility index (Phi) is 2.98. The summed E-state index contributed by atoms with van der Waals surface area (Å²) in [6, 6.07) is 8.78. The van der Waals surface area contributed by atoms with Gasteiger partial charge in [-0.25, -0.2) is 13.9 Å². The molecule has 0 aliphatic heterocycles. The number of aromatic nitrogens is 3. The molecule has 1 N–H and O–H groups in total. The highest BCUT2D eigenvalue weighted by molar-refractivity contribution is 9.10. The van der Waals surface area contributed by atoms with Gasteiger partial charge in [-0.1, -0.05) is 11.3 Å². The highest BCUT2D eigenvalue weighted by Crippen LogP contribution is 2.26. The summed E-state index contributed by atoms with van der Waals surface area (Å²) >= 11 is 3.30. The quantitative estimate of drug-likeness (QED) is 0.781. The van der Waals surface area contributed by atoms with Gasteiger partial charge < -0.3 is 5.11 Å². The molecule has 20 heavy (non-hydrogen) atoms. The molecule has 0 bridgehead atoms. The molecule has 0 unspecified atom stereocenters. The van der Waals surface area contributed by atoms with Crippen molar-refractivity contribution in [1.29, 1.82) is 0 Å². The largest absolute Gasteiger partial charge is 0.478 e. The fourth-order valence-electron chi connectivity index (χ4n) is 1.96. The highest BCUT2D eigenvalue weighted by Gasteiger charge is 2.17. The molecular formula is C13H7BrFN3O2. The maximum Gasteiger partial charge on any atom is 0.337 e. The van der Waals surface area contributed by atoms with E-state index in [1.165, 1.54) is 28.9 Å². The smallest absolute Gasteiger partial charge is 0.337 e. The fraction of sp³-hybridized carbons (Fsp3) is 0. The van der Waals surface area contributed by atoms with E-state index in [1.54, 1.807) is 12.1 Å². The van der Waals surface area contributed by atoms with Crippen molar-refractivity contribution in [2.24, 2.45) is 0 Å². The summed E-state index contributed by atoms with van der Waals surface area (Å²) in [5.41, 5.74) is 1.21. The molecule has 3 rings (SSSR count). The minimum atomic E-state index is -1.09. The molecule has 0 saturated carbocycles. The normalized spacial score (nSPS) is 10.9.